The number of rotatable bonds is 0. The van der Waals surface area contributed by atoms with Crippen LogP contribution in [0.4, 0.5) is 0 Å². The molecule has 0 N–H and O–H groups in total. The van der Waals surface area contributed by atoms with Gasteiger partial charge >= 0.3 is 10.0 Å². The normalized spacial score (nSPS) is 13.8. The van der Waals surface area contributed by atoms with Gasteiger partial charge in [0, 0.05) is 12.4 Å². The van der Waals surface area contributed by atoms with E-state index in [2.05, 4.69) is 9.97 Å². The van der Waals surface area contributed by atoms with Gasteiger partial charge in [0.1, 0.15) is 0 Å². The maximum Gasteiger partial charge on any atom is 0.430 e. The van der Waals surface area contributed by atoms with Gasteiger partial charge < -0.3 is 8.85 Å². The van der Waals surface area contributed by atoms with Gasteiger partial charge in [-0.15, -0.1) is 0 Å². The first-order chi connectivity index (χ1) is 4.47. The largest absolute Gasteiger partial charge is 0.498 e. The molecular weight excluding hydrogens is 136 g/mol. The van der Waals surface area contributed by atoms with Crippen LogP contribution in [-0.2, 0) is 0 Å². The Morgan fingerprint density at radius 3 is 2.22 bits per heavy atom. The lowest BCUT2D eigenvalue weighted by atomic mass is 10.7. The van der Waals surface area contributed by atoms with E-state index in [1.54, 1.807) is 12.4 Å². The van der Waals surface area contributed by atoms with E-state index in [0.29, 0.717) is 11.8 Å². The number of hydrogen-bond donors (Lipinski definition) is 0. The summed E-state index contributed by atoms with van der Waals surface area (Å²) in [4.78, 5) is 7.77. The summed E-state index contributed by atoms with van der Waals surface area (Å²) in [5, 5.41) is 0. The molecule has 0 aliphatic carbocycles. The van der Waals surface area contributed by atoms with Gasteiger partial charge in [-0.3, -0.25) is 0 Å². The highest BCUT2D eigenvalue weighted by Gasteiger charge is 2.14. The first kappa shape index (κ1) is 4.75. The van der Waals surface area contributed by atoms with Crippen LogP contribution in [0.1, 0.15) is 0 Å². The Bertz CT molecular complexity index is 207. The van der Waals surface area contributed by atoms with Crippen LogP contribution >= 0.6 is 0 Å². The predicted octanol–water partition coefficient (Wildman–Crippen LogP) is -0.753. The van der Waals surface area contributed by atoms with Crippen molar-refractivity contribution in [3.8, 4) is 11.8 Å². The second kappa shape index (κ2) is 1.69. The summed E-state index contributed by atoms with van der Waals surface area (Å²) in [6, 6.07) is 0. The summed E-state index contributed by atoms with van der Waals surface area (Å²) in [6.07, 6.45) is 3.17. The van der Waals surface area contributed by atoms with Crippen molar-refractivity contribution in [2.75, 3.05) is 0 Å². The summed E-state index contributed by atoms with van der Waals surface area (Å²) in [7, 11) is -0.835. The molecule has 2 heterocycles. The average Bonchev–Trinajstić information content (AvgIpc) is 2.33. The van der Waals surface area contributed by atoms with Crippen molar-refractivity contribution in [3.05, 3.63) is 12.4 Å². The van der Waals surface area contributed by atoms with Crippen molar-refractivity contribution in [3.63, 3.8) is 0 Å². The standard InChI is InChI=1S/C4H4N2O2Si/c1-2-6-4-3(5-1)7-9-8-4/h1-2H,9H2. The molecule has 0 atom stereocenters. The molecule has 46 valence electrons. The molecule has 1 aliphatic heterocycles. The van der Waals surface area contributed by atoms with Crippen molar-refractivity contribution >= 4 is 10.0 Å². The van der Waals surface area contributed by atoms with Crippen LogP contribution < -0.4 is 8.85 Å². The second-order valence-electron chi connectivity index (χ2n) is 1.57. The van der Waals surface area contributed by atoms with Crippen LogP contribution in [-0.4, -0.2) is 20.0 Å². The first-order valence-corrected chi connectivity index (χ1v) is 3.69. The molecule has 2 rings (SSSR count). The van der Waals surface area contributed by atoms with Gasteiger partial charge in [-0.1, -0.05) is 0 Å². The molecule has 1 aromatic heterocycles. The average molecular weight is 140 g/mol. The van der Waals surface area contributed by atoms with Crippen molar-refractivity contribution in [1.82, 2.24) is 9.97 Å². The van der Waals surface area contributed by atoms with E-state index in [-0.39, 0.29) is 0 Å². The van der Waals surface area contributed by atoms with Gasteiger partial charge in [0.15, 0.2) is 0 Å². The van der Waals surface area contributed by atoms with E-state index in [1.807, 2.05) is 0 Å². The second-order valence-corrected chi connectivity index (χ2v) is 2.39. The molecule has 5 heteroatoms. The quantitative estimate of drug-likeness (QED) is 0.445. The molecule has 4 nitrogen and oxygen atoms in total. The minimum absolute atomic E-state index is 0.546. The van der Waals surface area contributed by atoms with Gasteiger partial charge in [-0.2, -0.15) is 0 Å². The highest BCUT2D eigenvalue weighted by Crippen LogP contribution is 2.23. The molecule has 1 aromatic rings. The Morgan fingerprint density at radius 1 is 1.11 bits per heavy atom. The fourth-order valence-electron chi connectivity index (χ4n) is 0.652. The molecule has 0 fully saturated rings. The fourth-order valence-corrected chi connectivity index (χ4v) is 1.33. The lowest BCUT2D eigenvalue weighted by Crippen LogP contribution is -2.00. The molecule has 0 spiro atoms. The number of hydrogen-bond acceptors (Lipinski definition) is 4. The third-order valence-corrected chi connectivity index (χ3v) is 1.81. The van der Waals surface area contributed by atoms with Gasteiger partial charge in [-0.25, -0.2) is 9.97 Å². The van der Waals surface area contributed by atoms with Crippen molar-refractivity contribution < 1.29 is 8.85 Å². The zero-order valence-corrected chi connectivity index (χ0v) is 5.99. The molecule has 0 saturated carbocycles. The summed E-state index contributed by atoms with van der Waals surface area (Å²) in [5.74, 6) is 1.09. The van der Waals surface area contributed by atoms with E-state index in [0.717, 1.165) is 0 Å². The summed E-state index contributed by atoms with van der Waals surface area (Å²) < 4.78 is 10.1. The van der Waals surface area contributed by atoms with Crippen LogP contribution in [0.2, 0.25) is 0 Å². The van der Waals surface area contributed by atoms with Crippen molar-refractivity contribution in [2.45, 2.75) is 0 Å². The molecule has 0 bridgehead atoms. The van der Waals surface area contributed by atoms with Crippen molar-refractivity contribution in [2.24, 2.45) is 0 Å². The zero-order chi connectivity index (χ0) is 6.10. The molecule has 0 saturated heterocycles. The van der Waals surface area contributed by atoms with E-state index < -0.39 is 10.0 Å². The third-order valence-electron chi connectivity index (χ3n) is 1.02. The Hall–Kier alpha value is -1.10. The van der Waals surface area contributed by atoms with E-state index >= 15 is 0 Å². The minimum Gasteiger partial charge on any atom is -0.498 e. The van der Waals surface area contributed by atoms with Gasteiger partial charge in [0.2, 0.25) is 0 Å². The van der Waals surface area contributed by atoms with Crippen LogP contribution in [0, 0.1) is 0 Å². The minimum atomic E-state index is -0.835. The number of nitrogens with zero attached hydrogens (tertiary/aromatic N) is 2. The highest BCUT2D eigenvalue weighted by molar-refractivity contribution is 6.22. The van der Waals surface area contributed by atoms with E-state index in [4.69, 9.17) is 8.85 Å². The molecule has 0 amide bonds. The SMILES string of the molecule is c1cnc2c(n1)O[SiH2]O2. The maximum atomic E-state index is 5.04. The highest BCUT2D eigenvalue weighted by atomic mass is 28.3. The van der Waals surface area contributed by atoms with E-state index in [9.17, 15) is 0 Å². The predicted molar refractivity (Wildman–Crippen MR) is 31.8 cm³/mol. The zero-order valence-electron chi connectivity index (χ0n) is 4.57. The fraction of sp³-hybridized carbons (Fsp3) is 0. The number of aromatic nitrogens is 2. The molecular formula is C4H4N2O2Si. The summed E-state index contributed by atoms with van der Waals surface area (Å²) in [6.45, 7) is 0. The monoisotopic (exact) mass is 140 g/mol. The maximum absolute atomic E-state index is 5.04. The molecule has 9 heavy (non-hydrogen) atoms. The Balaban J connectivity index is 2.54. The number of fused-ring (bicyclic) bond motifs is 1. The van der Waals surface area contributed by atoms with E-state index in [1.165, 1.54) is 0 Å². The van der Waals surface area contributed by atoms with Crippen LogP contribution in [0.5, 0.6) is 11.8 Å². The van der Waals surface area contributed by atoms with Crippen LogP contribution in [0.25, 0.3) is 0 Å². The topological polar surface area (TPSA) is 44.2 Å². The van der Waals surface area contributed by atoms with Crippen LogP contribution in [0.15, 0.2) is 12.4 Å². The summed E-state index contributed by atoms with van der Waals surface area (Å²) >= 11 is 0. The lowest BCUT2D eigenvalue weighted by Gasteiger charge is -1.89. The lowest BCUT2D eigenvalue weighted by molar-refractivity contribution is 0.529. The first-order valence-electron chi connectivity index (χ1n) is 2.53. The Morgan fingerprint density at radius 2 is 1.67 bits per heavy atom. The van der Waals surface area contributed by atoms with Gasteiger partial charge in [-0.05, 0) is 0 Å². The van der Waals surface area contributed by atoms with Crippen LogP contribution in [0.3, 0.4) is 0 Å². The Labute approximate surface area is 53.9 Å². The molecule has 0 radical (unpaired) electrons. The molecule has 0 aromatic carbocycles. The molecule has 1 aliphatic rings. The Kier molecular flexibility index (Phi) is 0.893. The summed E-state index contributed by atoms with van der Waals surface area (Å²) in [5.41, 5.74) is 0. The third kappa shape index (κ3) is 0.654. The van der Waals surface area contributed by atoms with Gasteiger partial charge in [0.25, 0.3) is 11.8 Å². The molecule has 0 unspecified atom stereocenters. The van der Waals surface area contributed by atoms with Crippen molar-refractivity contribution in [1.29, 1.82) is 0 Å². The van der Waals surface area contributed by atoms with Gasteiger partial charge in [0.05, 0.1) is 0 Å². The smallest absolute Gasteiger partial charge is 0.430 e.